The number of rotatable bonds is 4. The van der Waals surface area contributed by atoms with E-state index >= 15 is 0 Å². The van der Waals surface area contributed by atoms with E-state index in [2.05, 4.69) is 0 Å². The molecule has 1 atom stereocenters. The molecule has 0 spiro atoms. The number of pyridine rings is 1. The topological polar surface area (TPSA) is 82.4 Å². The first-order valence-electron chi connectivity index (χ1n) is 8.40. The van der Waals surface area contributed by atoms with Crippen molar-refractivity contribution >= 4 is 28.0 Å². The molecule has 1 aliphatic rings. The zero-order chi connectivity index (χ0) is 21.0. The van der Waals surface area contributed by atoms with Gasteiger partial charge in [0.25, 0.3) is 5.03 Å². The van der Waals surface area contributed by atoms with E-state index in [0.717, 1.165) is 4.57 Å². The molecule has 4 rings (SSSR count). The van der Waals surface area contributed by atoms with E-state index in [1.807, 2.05) is 0 Å². The number of carboxylic acid groups (broad SMARTS) is 1. The van der Waals surface area contributed by atoms with Crippen LogP contribution in [-0.4, -0.2) is 20.2 Å². The number of carbonyl (C=O) groups is 1. The van der Waals surface area contributed by atoms with Gasteiger partial charge in [0, 0.05) is 17.2 Å². The number of aromatic carboxylic acids is 1. The molecule has 29 heavy (non-hydrogen) atoms. The minimum Gasteiger partial charge on any atom is -0.605 e. The SMILES string of the molecule is O=C(O)c1c([S+]([O-])c2ccccc2)n(C2CC2)c2c(F)c(F)c(F)c(F)c2c1=O. The van der Waals surface area contributed by atoms with E-state index in [-0.39, 0.29) is 4.90 Å². The van der Waals surface area contributed by atoms with Gasteiger partial charge in [0.1, 0.15) is 0 Å². The molecule has 5 nitrogen and oxygen atoms in total. The molecule has 1 N–H and O–H groups in total. The van der Waals surface area contributed by atoms with Crippen LogP contribution in [0.25, 0.3) is 10.9 Å². The van der Waals surface area contributed by atoms with E-state index in [1.54, 1.807) is 6.07 Å². The van der Waals surface area contributed by atoms with Gasteiger partial charge in [-0.1, -0.05) is 18.2 Å². The Labute approximate surface area is 163 Å². The van der Waals surface area contributed by atoms with Crippen LogP contribution in [0.5, 0.6) is 0 Å². The molecule has 0 radical (unpaired) electrons. The fraction of sp³-hybridized carbons (Fsp3) is 0.158. The van der Waals surface area contributed by atoms with Crippen LogP contribution in [0.15, 0.2) is 45.0 Å². The van der Waals surface area contributed by atoms with E-state index in [4.69, 9.17) is 0 Å². The number of hydrogen-bond donors (Lipinski definition) is 1. The summed E-state index contributed by atoms with van der Waals surface area (Å²) in [6, 6.07) is 6.80. The summed E-state index contributed by atoms with van der Waals surface area (Å²) >= 11 is -2.29. The van der Waals surface area contributed by atoms with Crippen molar-refractivity contribution in [2.45, 2.75) is 28.8 Å². The maximum absolute atomic E-state index is 14.7. The second-order valence-electron chi connectivity index (χ2n) is 6.48. The van der Waals surface area contributed by atoms with Gasteiger partial charge < -0.3 is 9.66 Å². The highest BCUT2D eigenvalue weighted by Gasteiger charge is 2.40. The summed E-state index contributed by atoms with van der Waals surface area (Å²) in [5, 5.41) is 7.77. The molecular formula is C19H11F4NO4S. The lowest BCUT2D eigenvalue weighted by Gasteiger charge is -2.20. The molecule has 1 aromatic heterocycles. The third kappa shape index (κ3) is 2.90. The molecule has 1 aliphatic carbocycles. The first-order valence-corrected chi connectivity index (χ1v) is 9.55. The standard InChI is InChI=1S/C19H11F4NO4S/c20-12-10-16(15(23)14(22)13(12)21)24(8-6-7-8)18(11(17(10)25)19(26)27)29(28)9-4-2-1-3-5-9/h1-5,8H,6-7H2,(H,26,27). The third-order valence-electron chi connectivity index (χ3n) is 4.63. The molecule has 3 aromatic rings. The minimum atomic E-state index is -2.29. The van der Waals surface area contributed by atoms with Gasteiger partial charge >= 0.3 is 5.97 Å². The molecule has 1 unspecified atom stereocenters. The average molecular weight is 425 g/mol. The van der Waals surface area contributed by atoms with Crippen molar-refractivity contribution in [1.82, 2.24) is 4.57 Å². The summed E-state index contributed by atoms with van der Waals surface area (Å²) in [6.07, 6.45) is 0.742. The fourth-order valence-electron chi connectivity index (χ4n) is 3.21. The van der Waals surface area contributed by atoms with Crippen LogP contribution in [-0.2, 0) is 11.2 Å². The maximum Gasteiger partial charge on any atom is 0.346 e. The molecule has 0 amide bonds. The first-order chi connectivity index (χ1) is 13.8. The number of benzene rings is 2. The Morgan fingerprint density at radius 1 is 1.03 bits per heavy atom. The summed E-state index contributed by atoms with van der Waals surface area (Å²) in [4.78, 5) is 24.7. The van der Waals surface area contributed by atoms with Gasteiger partial charge in [-0.3, -0.25) is 9.36 Å². The van der Waals surface area contributed by atoms with Crippen LogP contribution in [0.1, 0.15) is 29.2 Å². The summed E-state index contributed by atoms with van der Waals surface area (Å²) in [6.45, 7) is 0. The molecular weight excluding hydrogens is 414 g/mol. The van der Waals surface area contributed by atoms with Crippen molar-refractivity contribution in [1.29, 1.82) is 0 Å². The predicted molar refractivity (Wildman–Crippen MR) is 94.4 cm³/mol. The molecule has 0 saturated heterocycles. The second kappa shape index (κ2) is 6.89. The largest absolute Gasteiger partial charge is 0.605 e. The molecule has 1 fully saturated rings. The zero-order valence-corrected chi connectivity index (χ0v) is 15.2. The van der Waals surface area contributed by atoms with E-state index in [9.17, 15) is 36.8 Å². The molecule has 2 aromatic carbocycles. The molecule has 10 heteroatoms. The Bertz CT molecular complexity index is 1230. The Morgan fingerprint density at radius 3 is 2.17 bits per heavy atom. The van der Waals surface area contributed by atoms with E-state index in [1.165, 1.54) is 24.3 Å². The average Bonchev–Trinajstić information content (AvgIpc) is 3.54. The number of carboxylic acids is 1. The summed E-state index contributed by atoms with van der Waals surface area (Å²) in [7, 11) is 0. The van der Waals surface area contributed by atoms with Crippen LogP contribution in [0.3, 0.4) is 0 Å². The summed E-state index contributed by atoms with van der Waals surface area (Å²) in [5.41, 5.74) is -3.58. The number of aromatic nitrogens is 1. The molecule has 0 bridgehead atoms. The van der Waals surface area contributed by atoms with Crippen LogP contribution >= 0.6 is 0 Å². The smallest absolute Gasteiger partial charge is 0.346 e. The Balaban J connectivity index is 2.24. The number of halogens is 4. The van der Waals surface area contributed by atoms with Crippen molar-refractivity contribution in [3.63, 3.8) is 0 Å². The number of hydrogen-bond acceptors (Lipinski definition) is 3. The van der Waals surface area contributed by atoms with E-state index in [0.29, 0.717) is 12.8 Å². The molecule has 150 valence electrons. The van der Waals surface area contributed by atoms with Crippen molar-refractivity contribution in [2.75, 3.05) is 0 Å². The van der Waals surface area contributed by atoms with Crippen molar-refractivity contribution in [2.24, 2.45) is 0 Å². The van der Waals surface area contributed by atoms with Crippen LogP contribution in [0, 0.1) is 23.3 Å². The molecule has 0 aliphatic heterocycles. The third-order valence-corrected chi connectivity index (χ3v) is 6.08. The Kier molecular flexibility index (Phi) is 4.62. The van der Waals surface area contributed by atoms with E-state index < -0.39 is 73.4 Å². The predicted octanol–water partition coefficient (Wildman–Crippen LogP) is 3.76. The highest BCUT2D eigenvalue weighted by atomic mass is 32.2. The van der Waals surface area contributed by atoms with Gasteiger partial charge in [0.05, 0.1) is 10.9 Å². The second-order valence-corrected chi connectivity index (χ2v) is 7.87. The number of nitrogens with zero attached hydrogens (tertiary/aromatic N) is 1. The van der Waals surface area contributed by atoms with Gasteiger partial charge in [0.15, 0.2) is 33.7 Å². The molecule has 1 heterocycles. The quantitative estimate of drug-likeness (QED) is 0.299. The lowest BCUT2D eigenvalue weighted by atomic mass is 10.1. The monoisotopic (exact) mass is 425 g/mol. The minimum absolute atomic E-state index is 0.103. The van der Waals surface area contributed by atoms with Crippen LogP contribution in [0.2, 0.25) is 0 Å². The Hall–Kier alpha value is -2.85. The maximum atomic E-state index is 14.7. The fourth-order valence-corrected chi connectivity index (χ4v) is 4.62. The lowest BCUT2D eigenvalue weighted by Crippen LogP contribution is -2.28. The summed E-state index contributed by atoms with van der Waals surface area (Å²) in [5.74, 6) is -10.0. The van der Waals surface area contributed by atoms with Crippen molar-refractivity contribution in [3.8, 4) is 0 Å². The number of fused-ring (bicyclic) bond motifs is 1. The molecule has 1 saturated carbocycles. The Morgan fingerprint density at radius 2 is 1.62 bits per heavy atom. The normalized spacial score (nSPS) is 14.9. The van der Waals surface area contributed by atoms with Gasteiger partial charge in [-0.05, 0) is 25.0 Å². The van der Waals surface area contributed by atoms with Crippen molar-refractivity contribution in [3.05, 3.63) is 69.4 Å². The highest BCUT2D eigenvalue weighted by Crippen LogP contribution is 2.42. The summed E-state index contributed by atoms with van der Waals surface area (Å²) < 4.78 is 70.8. The van der Waals surface area contributed by atoms with Gasteiger partial charge in [-0.25, -0.2) is 22.4 Å². The van der Waals surface area contributed by atoms with Gasteiger partial charge in [-0.2, -0.15) is 0 Å². The van der Waals surface area contributed by atoms with Crippen LogP contribution in [0.4, 0.5) is 17.6 Å². The highest BCUT2D eigenvalue weighted by molar-refractivity contribution is 7.91. The lowest BCUT2D eigenvalue weighted by molar-refractivity contribution is 0.0689. The van der Waals surface area contributed by atoms with Crippen LogP contribution < -0.4 is 5.43 Å². The van der Waals surface area contributed by atoms with Gasteiger partial charge in [-0.15, -0.1) is 0 Å². The van der Waals surface area contributed by atoms with Crippen molar-refractivity contribution < 1.29 is 32.0 Å². The van der Waals surface area contributed by atoms with Gasteiger partial charge in [0.2, 0.25) is 5.43 Å². The first kappa shape index (κ1) is 19.5. The zero-order valence-electron chi connectivity index (χ0n) is 14.4.